The van der Waals surface area contributed by atoms with E-state index in [0.717, 1.165) is 30.0 Å². The summed E-state index contributed by atoms with van der Waals surface area (Å²) >= 11 is 3.14. The topological polar surface area (TPSA) is 59.5 Å². The Hall–Kier alpha value is -1.73. The van der Waals surface area contributed by atoms with Crippen LogP contribution in [0, 0.1) is 5.92 Å². The first-order valence-corrected chi connectivity index (χ1v) is 11.4. The Balaban J connectivity index is 1.28. The van der Waals surface area contributed by atoms with E-state index < -0.39 is 0 Å². The van der Waals surface area contributed by atoms with Crippen molar-refractivity contribution >= 4 is 34.6 Å². The SMILES string of the molecule is O=C(Cc1csc(-c2ccsc2)n1)OCC(=O)N1CCC[C@H]2CCCC[C@@H]21. The number of aromatic nitrogens is 1. The van der Waals surface area contributed by atoms with Crippen LogP contribution in [0.3, 0.4) is 0 Å². The van der Waals surface area contributed by atoms with Crippen LogP contribution in [-0.4, -0.2) is 41.0 Å². The standard InChI is InChI=1S/C20H24N2O3S2/c23-18(22-8-3-5-14-4-1-2-6-17(14)22)11-25-19(24)10-16-13-27-20(21-16)15-7-9-26-12-15/h7,9,12-14,17H,1-6,8,10-11H2/t14-,17+/m1/s1. The molecule has 0 aromatic carbocycles. The third kappa shape index (κ3) is 4.41. The highest BCUT2D eigenvalue weighted by atomic mass is 32.1. The molecule has 1 saturated heterocycles. The van der Waals surface area contributed by atoms with Crippen molar-refractivity contribution in [2.45, 2.75) is 51.0 Å². The predicted octanol–water partition coefficient (Wildman–Crippen LogP) is 4.14. The summed E-state index contributed by atoms with van der Waals surface area (Å²) in [5, 5.41) is 6.84. The summed E-state index contributed by atoms with van der Waals surface area (Å²) in [5.41, 5.74) is 1.77. The lowest BCUT2D eigenvalue weighted by Gasteiger charge is -2.44. The number of ether oxygens (including phenoxy) is 1. The zero-order valence-electron chi connectivity index (χ0n) is 15.3. The Bertz CT molecular complexity index is 785. The minimum Gasteiger partial charge on any atom is -0.455 e. The van der Waals surface area contributed by atoms with Crippen molar-refractivity contribution in [1.82, 2.24) is 9.88 Å². The lowest BCUT2D eigenvalue weighted by atomic mass is 9.78. The molecule has 4 rings (SSSR count). The number of hydrogen-bond acceptors (Lipinski definition) is 6. The van der Waals surface area contributed by atoms with E-state index >= 15 is 0 Å². The largest absolute Gasteiger partial charge is 0.455 e. The molecule has 144 valence electrons. The Morgan fingerprint density at radius 1 is 1.19 bits per heavy atom. The van der Waals surface area contributed by atoms with E-state index in [2.05, 4.69) is 4.98 Å². The smallest absolute Gasteiger partial charge is 0.312 e. The number of thiazole rings is 1. The van der Waals surface area contributed by atoms with E-state index in [1.54, 1.807) is 11.3 Å². The number of fused-ring (bicyclic) bond motifs is 1. The maximum absolute atomic E-state index is 12.6. The Morgan fingerprint density at radius 2 is 2.04 bits per heavy atom. The fraction of sp³-hybridized carbons (Fsp3) is 0.550. The second kappa shape index (κ2) is 8.52. The van der Waals surface area contributed by atoms with Crippen LogP contribution in [0.5, 0.6) is 0 Å². The van der Waals surface area contributed by atoms with Gasteiger partial charge in [-0.05, 0) is 43.0 Å². The van der Waals surface area contributed by atoms with E-state index in [-0.39, 0.29) is 24.9 Å². The third-order valence-corrected chi connectivity index (χ3v) is 7.19. The summed E-state index contributed by atoms with van der Waals surface area (Å²) in [4.78, 5) is 31.2. The molecule has 1 amide bonds. The first-order chi connectivity index (χ1) is 13.2. The van der Waals surface area contributed by atoms with E-state index in [1.165, 1.54) is 37.0 Å². The van der Waals surface area contributed by atoms with Gasteiger partial charge in [0.25, 0.3) is 5.91 Å². The molecule has 1 aliphatic carbocycles. The van der Waals surface area contributed by atoms with E-state index in [0.29, 0.717) is 17.7 Å². The van der Waals surface area contributed by atoms with Crippen LogP contribution in [0.1, 0.15) is 44.2 Å². The second-order valence-corrected chi connectivity index (χ2v) is 8.97. The van der Waals surface area contributed by atoms with Crippen LogP contribution in [0.2, 0.25) is 0 Å². The van der Waals surface area contributed by atoms with Gasteiger partial charge in [0.2, 0.25) is 0 Å². The van der Waals surface area contributed by atoms with Crippen molar-refractivity contribution in [3.8, 4) is 10.6 Å². The minimum absolute atomic E-state index is 0.0443. The van der Waals surface area contributed by atoms with Gasteiger partial charge >= 0.3 is 5.97 Å². The number of rotatable bonds is 5. The molecule has 27 heavy (non-hydrogen) atoms. The van der Waals surface area contributed by atoms with Gasteiger partial charge in [0.1, 0.15) is 5.01 Å². The highest BCUT2D eigenvalue weighted by Crippen LogP contribution is 2.35. The summed E-state index contributed by atoms with van der Waals surface area (Å²) in [6.45, 7) is 0.650. The van der Waals surface area contributed by atoms with Gasteiger partial charge in [0.15, 0.2) is 6.61 Å². The van der Waals surface area contributed by atoms with E-state index in [4.69, 9.17) is 4.74 Å². The number of hydrogen-bond donors (Lipinski definition) is 0. The summed E-state index contributed by atoms with van der Waals surface area (Å²) in [6, 6.07) is 2.37. The highest BCUT2D eigenvalue weighted by molar-refractivity contribution is 7.14. The fourth-order valence-electron chi connectivity index (χ4n) is 4.27. The van der Waals surface area contributed by atoms with Crippen LogP contribution in [0.4, 0.5) is 0 Å². The van der Waals surface area contributed by atoms with Crippen molar-refractivity contribution < 1.29 is 14.3 Å². The fourth-order valence-corrected chi connectivity index (χ4v) is 5.80. The van der Waals surface area contributed by atoms with Crippen LogP contribution >= 0.6 is 22.7 Å². The molecule has 0 radical (unpaired) electrons. The molecule has 5 nitrogen and oxygen atoms in total. The maximum Gasteiger partial charge on any atom is 0.312 e. The third-order valence-electron chi connectivity index (χ3n) is 5.57. The maximum atomic E-state index is 12.6. The number of piperidine rings is 1. The lowest BCUT2D eigenvalue weighted by molar-refractivity contribution is -0.154. The van der Waals surface area contributed by atoms with Gasteiger partial charge in [-0.1, -0.05) is 12.8 Å². The van der Waals surface area contributed by atoms with Gasteiger partial charge in [-0.2, -0.15) is 11.3 Å². The molecule has 1 saturated carbocycles. The van der Waals surface area contributed by atoms with E-state index in [9.17, 15) is 9.59 Å². The second-order valence-electron chi connectivity index (χ2n) is 7.33. The zero-order chi connectivity index (χ0) is 18.6. The Kier molecular flexibility index (Phi) is 5.88. The van der Waals surface area contributed by atoms with Gasteiger partial charge in [0, 0.05) is 28.9 Å². The molecule has 0 unspecified atom stereocenters. The molecule has 0 bridgehead atoms. The summed E-state index contributed by atoms with van der Waals surface area (Å²) in [7, 11) is 0. The van der Waals surface area contributed by atoms with Crippen molar-refractivity contribution in [2.75, 3.05) is 13.2 Å². The number of thiophene rings is 1. The molecular formula is C20H24N2O3S2. The molecule has 2 atom stereocenters. The number of carbonyl (C=O) groups is 2. The normalized spacial score (nSPS) is 22.3. The van der Waals surface area contributed by atoms with Crippen molar-refractivity contribution in [2.24, 2.45) is 5.92 Å². The number of nitrogens with zero attached hydrogens (tertiary/aromatic N) is 2. The number of likely N-dealkylation sites (tertiary alicyclic amines) is 1. The van der Waals surface area contributed by atoms with Gasteiger partial charge in [-0.15, -0.1) is 11.3 Å². The highest BCUT2D eigenvalue weighted by Gasteiger charge is 2.35. The quantitative estimate of drug-likeness (QED) is 0.703. The molecule has 2 aromatic heterocycles. The van der Waals surface area contributed by atoms with Gasteiger partial charge in [-0.25, -0.2) is 4.98 Å². The van der Waals surface area contributed by atoms with Crippen LogP contribution in [-0.2, 0) is 20.7 Å². The van der Waals surface area contributed by atoms with Crippen LogP contribution in [0.25, 0.3) is 10.6 Å². The monoisotopic (exact) mass is 404 g/mol. The molecule has 7 heteroatoms. The minimum atomic E-state index is -0.386. The van der Waals surface area contributed by atoms with Crippen molar-refractivity contribution in [3.63, 3.8) is 0 Å². The van der Waals surface area contributed by atoms with Gasteiger partial charge < -0.3 is 9.64 Å². The lowest BCUT2D eigenvalue weighted by Crippen LogP contribution is -2.50. The average Bonchev–Trinajstić information content (AvgIpc) is 3.37. The zero-order valence-corrected chi connectivity index (χ0v) is 16.9. The number of amides is 1. The Labute approximate surface area is 167 Å². The first-order valence-electron chi connectivity index (χ1n) is 9.63. The van der Waals surface area contributed by atoms with Crippen LogP contribution in [0.15, 0.2) is 22.2 Å². The van der Waals surface area contributed by atoms with Crippen molar-refractivity contribution in [3.05, 3.63) is 27.9 Å². The summed E-state index contributed by atoms with van der Waals surface area (Å²) in [5.74, 6) is 0.206. The first kappa shape index (κ1) is 18.6. The van der Waals surface area contributed by atoms with Crippen molar-refractivity contribution in [1.29, 1.82) is 0 Å². The molecule has 0 spiro atoms. The molecule has 2 aromatic rings. The number of carbonyl (C=O) groups excluding carboxylic acids is 2. The van der Waals surface area contributed by atoms with Gasteiger partial charge in [0.05, 0.1) is 12.1 Å². The summed E-state index contributed by atoms with van der Waals surface area (Å²) < 4.78 is 5.28. The van der Waals surface area contributed by atoms with Crippen LogP contribution < -0.4 is 0 Å². The average molecular weight is 405 g/mol. The molecule has 2 aliphatic rings. The molecule has 2 fully saturated rings. The number of esters is 1. The Morgan fingerprint density at radius 3 is 2.89 bits per heavy atom. The molecule has 0 N–H and O–H groups in total. The molecule has 1 aliphatic heterocycles. The van der Waals surface area contributed by atoms with E-state index in [1.807, 2.05) is 27.1 Å². The van der Waals surface area contributed by atoms with Gasteiger partial charge in [-0.3, -0.25) is 9.59 Å². The molecular weight excluding hydrogens is 380 g/mol. The summed E-state index contributed by atoms with van der Waals surface area (Å²) in [6.07, 6.45) is 7.19. The predicted molar refractivity (Wildman–Crippen MR) is 107 cm³/mol. The molecule has 3 heterocycles.